The first-order valence-electron chi connectivity index (χ1n) is 8.88. The molecule has 1 N–H and O–H groups in total. The van der Waals surface area contributed by atoms with Crippen LogP contribution in [0.4, 0.5) is 0 Å². The van der Waals surface area contributed by atoms with Gasteiger partial charge in [-0.2, -0.15) is 0 Å². The van der Waals surface area contributed by atoms with E-state index in [-0.39, 0.29) is 17.3 Å². The molecule has 1 amide bonds. The molecule has 3 unspecified atom stereocenters. The zero-order valence-electron chi connectivity index (χ0n) is 15.1. The molecule has 2 aromatic rings. The van der Waals surface area contributed by atoms with Crippen molar-refractivity contribution in [2.75, 3.05) is 7.11 Å². The second-order valence-electron chi connectivity index (χ2n) is 6.56. The second-order valence-corrected chi connectivity index (χ2v) is 6.56. The zero-order valence-corrected chi connectivity index (χ0v) is 15.1. The minimum absolute atomic E-state index is 0.147. The van der Waals surface area contributed by atoms with Crippen molar-refractivity contribution < 1.29 is 14.5 Å². The summed E-state index contributed by atoms with van der Waals surface area (Å²) in [6.45, 7) is 0. The Labute approximate surface area is 158 Å². The number of hydrogen-bond acceptors (Lipinski definition) is 4. The molecule has 1 aliphatic heterocycles. The highest BCUT2D eigenvalue weighted by atomic mass is 16.6. The molecule has 27 heavy (non-hydrogen) atoms. The van der Waals surface area contributed by atoms with Crippen molar-refractivity contribution in [1.82, 2.24) is 5.32 Å². The van der Waals surface area contributed by atoms with Crippen LogP contribution in [0.15, 0.2) is 60.7 Å². The molecule has 2 aromatic carbocycles. The Bertz CT molecular complexity index is 835. The monoisotopic (exact) mass is 366 g/mol. The summed E-state index contributed by atoms with van der Waals surface area (Å²) < 4.78 is 5.30. The molecule has 3 rings (SSSR count). The summed E-state index contributed by atoms with van der Waals surface area (Å²) in [6.07, 6.45) is 4.42. The summed E-state index contributed by atoms with van der Waals surface area (Å²) in [4.78, 5) is 23.8. The molecule has 0 aromatic heterocycles. The van der Waals surface area contributed by atoms with Crippen LogP contribution < -0.4 is 10.1 Å². The van der Waals surface area contributed by atoms with Gasteiger partial charge in [-0.15, -0.1) is 0 Å². The van der Waals surface area contributed by atoms with Gasteiger partial charge in [0.15, 0.2) is 0 Å². The molecule has 0 spiro atoms. The molecule has 0 bridgehead atoms. The van der Waals surface area contributed by atoms with Crippen LogP contribution in [0.2, 0.25) is 0 Å². The van der Waals surface area contributed by atoms with Crippen molar-refractivity contribution >= 4 is 12.0 Å². The van der Waals surface area contributed by atoms with Gasteiger partial charge in [0.1, 0.15) is 11.8 Å². The van der Waals surface area contributed by atoms with E-state index in [1.165, 1.54) is 0 Å². The minimum Gasteiger partial charge on any atom is -0.496 e. The number of rotatable bonds is 6. The van der Waals surface area contributed by atoms with Crippen LogP contribution in [0.5, 0.6) is 5.75 Å². The van der Waals surface area contributed by atoms with Crippen LogP contribution >= 0.6 is 0 Å². The van der Waals surface area contributed by atoms with Crippen molar-refractivity contribution in [3.05, 3.63) is 81.9 Å². The van der Waals surface area contributed by atoms with Crippen molar-refractivity contribution in [1.29, 1.82) is 0 Å². The number of nitro groups is 1. The van der Waals surface area contributed by atoms with Crippen molar-refractivity contribution in [3.63, 3.8) is 0 Å². The molecule has 3 atom stereocenters. The Kier molecular flexibility index (Phi) is 5.86. The lowest BCUT2D eigenvalue weighted by Crippen LogP contribution is -2.49. The number of methoxy groups -OCH3 is 1. The molecule has 0 aliphatic carbocycles. The fraction of sp³-hybridized carbons (Fsp3) is 0.286. The Hall–Kier alpha value is -3.15. The molecule has 6 nitrogen and oxygen atoms in total. The van der Waals surface area contributed by atoms with Crippen LogP contribution in [-0.2, 0) is 4.79 Å². The van der Waals surface area contributed by atoms with Gasteiger partial charge in [-0.3, -0.25) is 14.9 Å². The number of piperidine rings is 1. The van der Waals surface area contributed by atoms with E-state index in [9.17, 15) is 14.9 Å². The normalized spacial score (nSPS) is 22.4. The number of nitrogens with one attached hydrogen (secondary N) is 1. The predicted octanol–water partition coefficient (Wildman–Crippen LogP) is 3.62. The number of para-hydroxylation sites is 1. The van der Waals surface area contributed by atoms with Crippen molar-refractivity contribution in [3.8, 4) is 5.75 Å². The number of allylic oxidation sites excluding steroid dienone is 1. The van der Waals surface area contributed by atoms with Gasteiger partial charge < -0.3 is 10.1 Å². The molecular weight excluding hydrogens is 344 g/mol. The molecular formula is C21H22N2O4. The van der Waals surface area contributed by atoms with E-state index in [0.717, 1.165) is 16.9 Å². The third-order valence-corrected chi connectivity index (χ3v) is 4.87. The van der Waals surface area contributed by atoms with Gasteiger partial charge in [0.25, 0.3) is 0 Å². The summed E-state index contributed by atoms with van der Waals surface area (Å²) in [7, 11) is 1.60. The predicted molar refractivity (Wildman–Crippen MR) is 103 cm³/mol. The van der Waals surface area contributed by atoms with Crippen molar-refractivity contribution in [2.24, 2.45) is 5.92 Å². The standard InChI is InChI=1S/C21H22N2O4/c1-27-19-13-6-5-8-15(19)11-7-12-17-14-18(23(25)26)20(22-21(17)24)16-9-3-2-4-10-16/h2-11,13,17-18,20H,12,14H2,1H3,(H,22,24). The van der Waals surface area contributed by atoms with Crippen LogP contribution in [0.1, 0.15) is 30.0 Å². The Morgan fingerprint density at radius 2 is 1.89 bits per heavy atom. The van der Waals surface area contributed by atoms with Gasteiger partial charge in [0, 0.05) is 22.8 Å². The van der Waals surface area contributed by atoms with E-state index in [1.807, 2.05) is 66.7 Å². The molecule has 1 heterocycles. The van der Waals surface area contributed by atoms with Crippen LogP contribution in [0.3, 0.4) is 0 Å². The molecule has 6 heteroatoms. The number of hydrogen-bond donors (Lipinski definition) is 1. The number of amides is 1. The summed E-state index contributed by atoms with van der Waals surface area (Å²) in [6, 6.07) is 15.2. The quantitative estimate of drug-likeness (QED) is 0.625. The van der Waals surface area contributed by atoms with Gasteiger partial charge in [-0.05, 0) is 18.1 Å². The van der Waals surface area contributed by atoms with Crippen LogP contribution in [0.25, 0.3) is 6.08 Å². The summed E-state index contributed by atoms with van der Waals surface area (Å²) in [5.41, 5.74) is 1.67. The van der Waals surface area contributed by atoms with E-state index in [4.69, 9.17) is 4.74 Å². The van der Waals surface area contributed by atoms with E-state index < -0.39 is 18.0 Å². The smallest absolute Gasteiger partial charge is 0.237 e. The first kappa shape index (κ1) is 18.6. The maximum absolute atomic E-state index is 12.5. The lowest BCUT2D eigenvalue weighted by molar-refractivity contribution is -0.531. The number of nitrogens with zero attached hydrogens (tertiary/aromatic N) is 1. The third-order valence-electron chi connectivity index (χ3n) is 4.87. The SMILES string of the molecule is COc1ccccc1C=CCC1CC([N+](=O)[O-])C(c2ccccc2)NC1=O. The van der Waals surface area contributed by atoms with Gasteiger partial charge in [0.05, 0.1) is 7.11 Å². The summed E-state index contributed by atoms with van der Waals surface area (Å²) >= 11 is 0. The molecule has 0 saturated carbocycles. The van der Waals surface area contributed by atoms with E-state index in [2.05, 4.69) is 5.32 Å². The van der Waals surface area contributed by atoms with Gasteiger partial charge in [0.2, 0.25) is 11.9 Å². The number of carbonyl (C=O) groups is 1. The molecule has 140 valence electrons. The van der Waals surface area contributed by atoms with Gasteiger partial charge in [-0.1, -0.05) is 60.7 Å². The van der Waals surface area contributed by atoms with Crippen LogP contribution in [-0.4, -0.2) is 24.0 Å². The summed E-state index contributed by atoms with van der Waals surface area (Å²) in [5, 5.41) is 14.4. The zero-order chi connectivity index (χ0) is 19.2. The van der Waals surface area contributed by atoms with E-state index in [0.29, 0.717) is 6.42 Å². The fourth-order valence-electron chi connectivity index (χ4n) is 3.44. The summed E-state index contributed by atoms with van der Waals surface area (Å²) in [5.74, 6) is 0.173. The Morgan fingerprint density at radius 1 is 1.19 bits per heavy atom. The van der Waals surface area contributed by atoms with E-state index >= 15 is 0 Å². The fourth-order valence-corrected chi connectivity index (χ4v) is 3.44. The Morgan fingerprint density at radius 3 is 2.59 bits per heavy atom. The lowest BCUT2D eigenvalue weighted by atomic mass is 9.84. The third kappa shape index (κ3) is 4.34. The molecule has 0 radical (unpaired) electrons. The van der Waals surface area contributed by atoms with E-state index in [1.54, 1.807) is 7.11 Å². The topological polar surface area (TPSA) is 81.5 Å². The minimum atomic E-state index is -0.838. The highest BCUT2D eigenvalue weighted by molar-refractivity contribution is 5.80. The maximum atomic E-state index is 12.5. The van der Waals surface area contributed by atoms with Gasteiger partial charge in [-0.25, -0.2) is 0 Å². The first-order chi connectivity index (χ1) is 13.1. The average molecular weight is 366 g/mol. The first-order valence-corrected chi connectivity index (χ1v) is 8.88. The van der Waals surface area contributed by atoms with Gasteiger partial charge >= 0.3 is 0 Å². The number of benzene rings is 2. The maximum Gasteiger partial charge on any atom is 0.237 e. The molecule has 1 saturated heterocycles. The highest BCUT2D eigenvalue weighted by Gasteiger charge is 2.42. The second kappa shape index (κ2) is 8.49. The number of ether oxygens (including phenoxy) is 1. The van der Waals surface area contributed by atoms with Crippen LogP contribution in [0, 0.1) is 16.0 Å². The average Bonchev–Trinajstić information content (AvgIpc) is 2.69. The Balaban J connectivity index is 1.72. The number of carbonyl (C=O) groups excluding carboxylic acids is 1. The largest absolute Gasteiger partial charge is 0.496 e. The lowest BCUT2D eigenvalue weighted by Gasteiger charge is -2.31. The highest BCUT2D eigenvalue weighted by Crippen LogP contribution is 2.31. The molecule has 1 aliphatic rings. The van der Waals surface area contributed by atoms with Crippen molar-refractivity contribution in [2.45, 2.75) is 24.9 Å². The molecule has 1 fully saturated rings.